The summed E-state index contributed by atoms with van der Waals surface area (Å²) >= 11 is 6.52. The molecule has 4 rings (SSSR count). The second-order valence-electron chi connectivity index (χ2n) is 6.69. The number of benzene rings is 2. The molecule has 138 valence electrons. The van der Waals surface area contributed by atoms with Gasteiger partial charge in [-0.3, -0.25) is 0 Å². The van der Waals surface area contributed by atoms with Crippen LogP contribution in [0.5, 0.6) is 0 Å². The van der Waals surface area contributed by atoms with Gasteiger partial charge in [0.05, 0.1) is 17.8 Å². The van der Waals surface area contributed by atoms with Gasteiger partial charge in [0.2, 0.25) is 0 Å². The van der Waals surface area contributed by atoms with Gasteiger partial charge in [0.1, 0.15) is 0 Å². The van der Waals surface area contributed by atoms with Gasteiger partial charge in [0, 0.05) is 23.5 Å². The van der Waals surface area contributed by atoms with Crippen LogP contribution in [0, 0.1) is 6.92 Å². The maximum absolute atomic E-state index is 12.5. The van der Waals surface area contributed by atoms with Crippen LogP contribution in [0.2, 0.25) is 5.02 Å². The molecule has 1 aliphatic rings. The molecule has 0 atom stereocenters. The van der Waals surface area contributed by atoms with Crippen molar-refractivity contribution in [3.8, 4) is 0 Å². The Morgan fingerprint density at radius 2 is 2.07 bits per heavy atom. The summed E-state index contributed by atoms with van der Waals surface area (Å²) in [6, 6.07) is 11.9. The van der Waals surface area contributed by atoms with Crippen LogP contribution in [0.1, 0.15) is 34.1 Å². The van der Waals surface area contributed by atoms with E-state index in [1.807, 2.05) is 30.3 Å². The lowest BCUT2D eigenvalue weighted by atomic mass is 9.96. The number of aryl methyl sites for hydroxylation is 1. The molecular weight excluding hydrogens is 362 g/mol. The van der Waals surface area contributed by atoms with Crippen molar-refractivity contribution in [2.75, 3.05) is 18.1 Å². The maximum Gasteiger partial charge on any atom is 0.361 e. The predicted molar refractivity (Wildman–Crippen MR) is 106 cm³/mol. The Bertz CT molecular complexity index is 1040. The van der Waals surface area contributed by atoms with Gasteiger partial charge in [-0.05, 0) is 49.1 Å². The Morgan fingerprint density at radius 1 is 1.26 bits per heavy atom. The number of carbonyl (C=O) groups excluding carboxylic acids is 1. The topological polar surface area (TPSA) is 55.3 Å². The Hall–Kier alpha value is -2.66. The molecule has 1 aliphatic heterocycles. The van der Waals surface area contributed by atoms with Crippen LogP contribution in [-0.2, 0) is 17.7 Å². The quantitative estimate of drug-likeness (QED) is 0.632. The maximum atomic E-state index is 12.5. The molecule has 0 amide bonds. The van der Waals surface area contributed by atoms with Gasteiger partial charge in [-0.1, -0.05) is 35.9 Å². The van der Waals surface area contributed by atoms with Crippen molar-refractivity contribution in [2.45, 2.75) is 26.8 Å². The highest BCUT2D eigenvalue weighted by Gasteiger charge is 2.27. The van der Waals surface area contributed by atoms with Crippen molar-refractivity contribution < 1.29 is 9.53 Å². The van der Waals surface area contributed by atoms with Crippen LogP contribution in [0.25, 0.3) is 10.9 Å². The summed E-state index contributed by atoms with van der Waals surface area (Å²) in [6.45, 7) is 5.52. The molecule has 0 spiro atoms. The summed E-state index contributed by atoms with van der Waals surface area (Å²) in [6.07, 6.45) is 0.857. The molecule has 0 N–H and O–H groups in total. The zero-order valence-corrected chi connectivity index (χ0v) is 16.1. The Labute approximate surface area is 162 Å². The third-order valence-electron chi connectivity index (χ3n) is 4.86. The summed E-state index contributed by atoms with van der Waals surface area (Å²) in [5, 5.41) is 10.1. The Balaban J connectivity index is 1.85. The van der Waals surface area contributed by atoms with Crippen molar-refractivity contribution >= 4 is 34.2 Å². The van der Waals surface area contributed by atoms with Crippen molar-refractivity contribution in [1.82, 2.24) is 10.2 Å². The van der Waals surface area contributed by atoms with Gasteiger partial charge >= 0.3 is 5.97 Å². The average molecular weight is 382 g/mol. The lowest BCUT2D eigenvalue weighted by Gasteiger charge is -2.32. The van der Waals surface area contributed by atoms with E-state index in [2.05, 4.69) is 28.1 Å². The first-order chi connectivity index (χ1) is 13.1. The van der Waals surface area contributed by atoms with Crippen LogP contribution in [0.15, 0.2) is 36.4 Å². The summed E-state index contributed by atoms with van der Waals surface area (Å²) in [5.74, 6) is -0.452. The number of hydrogen-bond donors (Lipinski definition) is 0. The van der Waals surface area contributed by atoms with E-state index in [0.717, 1.165) is 45.7 Å². The second kappa shape index (κ2) is 7.16. The minimum absolute atomic E-state index is 0.252. The van der Waals surface area contributed by atoms with E-state index in [-0.39, 0.29) is 5.69 Å². The highest BCUT2D eigenvalue weighted by molar-refractivity contribution is 6.31. The molecule has 0 aliphatic carbocycles. The number of ether oxygens (including phenoxy) is 1. The molecule has 0 saturated heterocycles. The SMILES string of the molecule is CCOC(=O)c1nnc2ccccc2c1N1CCc2cc(C)cc(Cl)c2C1. The molecule has 0 bridgehead atoms. The first-order valence-corrected chi connectivity index (χ1v) is 9.41. The van der Waals surface area contributed by atoms with E-state index in [1.165, 1.54) is 5.56 Å². The Morgan fingerprint density at radius 3 is 2.89 bits per heavy atom. The number of aromatic nitrogens is 2. The smallest absolute Gasteiger partial charge is 0.361 e. The minimum Gasteiger partial charge on any atom is -0.461 e. The van der Waals surface area contributed by atoms with E-state index in [1.54, 1.807) is 6.92 Å². The number of nitrogens with zero attached hydrogens (tertiary/aromatic N) is 3. The predicted octanol–water partition coefficient (Wildman–Crippen LogP) is 4.33. The fraction of sp³-hybridized carbons (Fsp3) is 0.286. The number of carbonyl (C=O) groups is 1. The molecule has 0 radical (unpaired) electrons. The van der Waals surface area contributed by atoms with Gasteiger partial charge in [-0.2, -0.15) is 0 Å². The molecule has 0 saturated carbocycles. The number of esters is 1. The first-order valence-electron chi connectivity index (χ1n) is 9.04. The lowest BCUT2D eigenvalue weighted by Crippen LogP contribution is -2.32. The van der Waals surface area contributed by atoms with E-state index in [0.29, 0.717) is 13.2 Å². The van der Waals surface area contributed by atoms with Gasteiger partial charge in [-0.15, -0.1) is 10.2 Å². The number of rotatable bonds is 3. The van der Waals surface area contributed by atoms with Crippen LogP contribution >= 0.6 is 11.6 Å². The normalized spacial score (nSPS) is 13.5. The van der Waals surface area contributed by atoms with E-state index < -0.39 is 5.97 Å². The molecule has 5 nitrogen and oxygen atoms in total. The first kappa shape index (κ1) is 17.7. The van der Waals surface area contributed by atoms with Crippen LogP contribution in [-0.4, -0.2) is 29.3 Å². The minimum atomic E-state index is -0.452. The molecular formula is C21H20ClN3O2. The number of fused-ring (bicyclic) bond motifs is 2. The molecule has 2 heterocycles. The van der Waals surface area contributed by atoms with Crippen LogP contribution in [0.4, 0.5) is 5.69 Å². The van der Waals surface area contributed by atoms with Crippen LogP contribution in [0.3, 0.4) is 0 Å². The molecule has 1 aromatic heterocycles. The zero-order valence-electron chi connectivity index (χ0n) is 15.3. The summed E-state index contributed by atoms with van der Waals surface area (Å²) in [5.41, 5.74) is 5.30. The van der Waals surface area contributed by atoms with E-state index in [4.69, 9.17) is 16.3 Å². The van der Waals surface area contributed by atoms with E-state index >= 15 is 0 Å². The monoisotopic (exact) mass is 381 g/mol. The second-order valence-corrected chi connectivity index (χ2v) is 7.10. The van der Waals surface area contributed by atoms with Gasteiger partial charge in [0.25, 0.3) is 0 Å². The number of hydrogen-bond acceptors (Lipinski definition) is 5. The molecule has 6 heteroatoms. The van der Waals surface area contributed by atoms with Crippen molar-refractivity contribution in [3.63, 3.8) is 0 Å². The highest BCUT2D eigenvalue weighted by atomic mass is 35.5. The van der Waals surface area contributed by atoms with Crippen molar-refractivity contribution in [3.05, 3.63) is 63.8 Å². The zero-order chi connectivity index (χ0) is 19.0. The third-order valence-corrected chi connectivity index (χ3v) is 5.20. The lowest BCUT2D eigenvalue weighted by molar-refractivity contribution is 0.0519. The standard InChI is InChI=1S/C21H20ClN3O2/c1-3-27-21(26)19-20(15-6-4-5-7-18(15)23-24-19)25-9-8-14-10-13(2)11-17(22)16(14)12-25/h4-7,10-11H,3,8-9,12H2,1-2H3. The van der Waals surface area contributed by atoms with Gasteiger partial charge in [0.15, 0.2) is 5.69 Å². The third kappa shape index (κ3) is 3.23. The largest absolute Gasteiger partial charge is 0.461 e. The fourth-order valence-electron chi connectivity index (χ4n) is 3.66. The summed E-state index contributed by atoms with van der Waals surface area (Å²) in [7, 11) is 0. The average Bonchev–Trinajstić information content (AvgIpc) is 2.67. The highest BCUT2D eigenvalue weighted by Crippen LogP contribution is 2.35. The van der Waals surface area contributed by atoms with Crippen molar-refractivity contribution in [2.24, 2.45) is 0 Å². The van der Waals surface area contributed by atoms with Gasteiger partial charge in [-0.25, -0.2) is 4.79 Å². The molecule has 27 heavy (non-hydrogen) atoms. The van der Waals surface area contributed by atoms with Crippen molar-refractivity contribution in [1.29, 1.82) is 0 Å². The fourth-order valence-corrected chi connectivity index (χ4v) is 4.01. The molecule has 0 fully saturated rings. The summed E-state index contributed by atoms with van der Waals surface area (Å²) in [4.78, 5) is 14.7. The molecule has 2 aromatic carbocycles. The number of halogens is 1. The van der Waals surface area contributed by atoms with Gasteiger partial charge < -0.3 is 9.64 Å². The van der Waals surface area contributed by atoms with E-state index in [9.17, 15) is 4.79 Å². The Kier molecular flexibility index (Phi) is 4.70. The molecule has 3 aromatic rings. The van der Waals surface area contributed by atoms with Crippen LogP contribution < -0.4 is 4.90 Å². The molecule has 0 unspecified atom stereocenters. The number of anilines is 1. The summed E-state index contributed by atoms with van der Waals surface area (Å²) < 4.78 is 5.22.